The molecule has 0 bridgehead atoms. The molecule has 2 fully saturated rings. The Bertz CT molecular complexity index is 552. The van der Waals surface area contributed by atoms with E-state index in [1.54, 1.807) is 0 Å². The number of nitrogens with zero attached hydrogens (tertiary/aromatic N) is 4. The molecule has 3 rings (SSSR count). The average molecular weight is 332 g/mol. The van der Waals surface area contributed by atoms with Gasteiger partial charge in [-0.2, -0.15) is 0 Å². The highest BCUT2D eigenvalue weighted by atomic mass is 16.5. The van der Waals surface area contributed by atoms with Crippen LogP contribution < -0.4 is 0 Å². The van der Waals surface area contributed by atoms with Gasteiger partial charge >= 0.3 is 0 Å². The minimum atomic E-state index is -0.0362. The molecule has 2 saturated heterocycles. The quantitative estimate of drug-likeness (QED) is 0.815. The maximum atomic E-state index is 12.6. The van der Waals surface area contributed by atoms with E-state index in [2.05, 4.69) is 27.8 Å². The van der Waals surface area contributed by atoms with Gasteiger partial charge in [-0.05, 0) is 25.0 Å². The molecule has 1 atom stereocenters. The summed E-state index contributed by atoms with van der Waals surface area (Å²) in [6, 6.07) is 2.16. The standard InChI is InChI=1S/C18H28N4O2/c1-15-11-17(13-19-12-15)14-20-3-5-21(6-4-20)16(2)18(23)22-7-9-24-10-8-22/h11-13,16H,3-10,14H2,1-2H3. The number of hydrogen-bond donors (Lipinski definition) is 0. The summed E-state index contributed by atoms with van der Waals surface area (Å²) in [6.45, 7) is 11.7. The summed E-state index contributed by atoms with van der Waals surface area (Å²) in [5.41, 5.74) is 2.47. The maximum absolute atomic E-state index is 12.6. The van der Waals surface area contributed by atoms with Gasteiger partial charge in [-0.15, -0.1) is 0 Å². The van der Waals surface area contributed by atoms with Crippen LogP contribution in [-0.4, -0.2) is 84.1 Å². The number of piperazine rings is 1. The van der Waals surface area contributed by atoms with Crippen LogP contribution in [0.4, 0.5) is 0 Å². The van der Waals surface area contributed by atoms with E-state index in [1.165, 1.54) is 11.1 Å². The van der Waals surface area contributed by atoms with E-state index < -0.39 is 0 Å². The van der Waals surface area contributed by atoms with E-state index in [4.69, 9.17) is 4.74 Å². The number of morpholine rings is 1. The van der Waals surface area contributed by atoms with Crippen molar-refractivity contribution in [2.45, 2.75) is 26.4 Å². The first-order chi connectivity index (χ1) is 11.6. The molecule has 24 heavy (non-hydrogen) atoms. The van der Waals surface area contributed by atoms with Crippen LogP contribution in [-0.2, 0) is 16.1 Å². The summed E-state index contributed by atoms with van der Waals surface area (Å²) in [5, 5.41) is 0. The molecule has 1 amide bonds. The van der Waals surface area contributed by atoms with Gasteiger partial charge in [-0.25, -0.2) is 0 Å². The summed E-state index contributed by atoms with van der Waals surface area (Å²) in [5.74, 6) is 0.245. The highest BCUT2D eigenvalue weighted by Gasteiger charge is 2.29. The molecule has 2 aliphatic heterocycles. The van der Waals surface area contributed by atoms with Crippen molar-refractivity contribution >= 4 is 5.91 Å². The molecule has 0 N–H and O–H groups in total. The molecular weight excluding hydrogens is 304 g/mol. The molecule has 2 aliphatic rings. The lowest BCUT2D eigenvalue weighted by molar-refractivity contribution is -0.141. The van der Waals surface area contributed by atoms with Crippen molar-refractivity contribution in [3.8, 4) is 0 Å². The second-order valence-electron chi connectivity index (χ2n) is 6.80. The van der Waals surface area contributed by atoms with E-state index in [9.17, 15) is 4.79 Å². The fourth-order valence-corrected chi connectivity index (χ4v) is 3.48. The van der Waals surface area contributed by atoms with Crippen molar-refractivity contribution in [3.05, 3.63) is 29.6 Å². The minimum Gasteiger partial charge on any atom is -0.378 e. The molecular formula is C18H28N4O2. The number of pyridine rings is 1. The first-order valence-corrected chi connectivity index (χ1v) is 8.87. The maximum Gasteiger partial charge on any atom is 0.239 e. The number of carbonyl (C=O) groups is 1. The number of rotatable bonds is 4. The van der Waals surface area contributed by atoms with E-state index in [0.29, 0.717) is 13.2 Å². The molecule has 0 saturated carbocycles. The van der Waals surface area contributed by atoms with Gasteiger partial charge in [0.25, 0.3) is 0 Å². The van der Waals surface area contributed by atoms with Crippen LogP contribution in [0.5, 0.6) is 0 Å². The lowest BCUT2D eigenvalue weighted by atomic mass is 10.1. The third-order valence-electron chi connectivity index (χ3n) is 4.97. The van der Waals surface area contributed by atoms with Gasteiger partial charge in [-0.1, -0.05) is 6.07 Å². The zero-order valence-corrected chi connectivity index (χ0v) is 14.8. The third kappa shape index (κ3) is 4.32. The molecule has 1 aromatic rings. The number of hydrogen-bond acceptors (Lipinski definition) is 5. The lowest BCUT2D eigenvalue weighted by Crippen LogP contribution is -2.55. The molecule has 132 valence electrons. The summed E-state index contributed by atoms with van der Waals surface area (Å²) in [6.07, 6.45) is 3.84. The van der Waals surface area contributed by atoms with E-state index in [1.807, 2.05) is 24.2 Å². The zero-order valence-electron chi connectivity index (χ0n) is 14.8. The van der Waals surface area contributed by atoms with Crippen LogP contribution in [0.2, 0.25) is 0 Å². The molecule has 1 unspecified atom stereocenters. The Balaban J connectivity index is 1.48. The van der Waals surface area contributed by atoms with E-state index >= 15 is 0 Å². The van der Waals surface area contributed by atoms with Crippen molar-refractivity contribution in [1.82, 2.24) is 19.7 Å². The first-order valence-electron chi connectivity index (χ1n) is 8.87. The van der Waals surface area contributed by atoms with Crippen molar-refractivity contribution in [1.29, 1.82) is 0 Å². The van der Waals surface area contributed by atoms with Gasteiger partial charge in [-0.3, -0.25) is 19.6 Å². The van der Waals surface area contributed by atoms with Crippen LogP contribution in [0.1, 0.15) is 18.1 Å². The van der Waals surface area contributed by atoms with Gasteiger partial charge in [0.05, 0.1) is 19.3 Å². The molecule has 0 radical (unpaired) electrons. The Morgan fingerprint density at radius 2 is 1.88 bits per heavy atom. The van der Waals surface area contributed by atoms with Crippen molar-refractivity contribution in [3.63, 3.8) is 0 Å². The van der Waals surface area contributed by atoms with Gasteiger partial charge in [0.15, 0.2) is 0 Å². The monoisotopic (exact) mass is 332 g/mol. The van der Waals surface area contributed by atoms with Crippen molar-refractivity contribution in [2.75, 3.05) is 52.5 Å². The van der Waals surface area contributed by atoms with Gasteiger partial charge in [0.1, 0.15) is 0 Å². The summed E-state index contributed by atoms with van der Waals surface area (Å²) >= 11 is 0. The van der Waals surface area contributed by atoms with Crippen molar-refractivity contribution in [2.24, 2.45) is 0 Å². The Labute approximate surface area is 144 Å². The summed E-state index contributed by atoms with van der Waals surface area (Å²) in [7, 11) is 0. The molecule has 6 heteroatoms. The minimum absolute atomic E-state index is 0.0362. The second kappa shape index (κ2) is 8.05. The Hall–Kier alpha value is -1.50. The lowest BCUT2D eigenvalue weighted by Gasteiger charge is -2.39. The fourth-order valence-electron chi connectivity index (χ4n) is 3.48. The number of amides is 1. The number of carbonyl (C=O) groups excluding carboxylic acids is 1. The number of ether oxygens (including phenoxy) is 1. The fraction of sp³-hybridized carbons (Fsp3) is 0.667. The SMILES string of the molecule is Cc1cncc(CN2CCN(C(C)C(=O)N3CCOCC3)CC2)c1. The Morgan fingerprint density at radius 1 is 1.17 bits per heavy atom. The molecule has 1 aromatic heterocycles. The average Bonchev–Trinajstić information content (AvgIpc) is 2.62. The largest absolute Gasteiger partial charge is 0.378 e. The number of aryl methyl sites for hydroxylation is 1. The van der Waals surface area contributed by atoms with Crippen LogP contribution in [0.3, 0.4) is 0 Å². The predicted molar refractivity (Wildman–Crippen MR) is 92.7 cm³/mol. The highest BCUT2D eigenvalue weighted by molar-refractivity contribution is 5.81. The Morgan fingerprint density at radius 3 is 2.54 bits per heavy atom. The van der Waals surface area contributed by atoms with Gasteiger partial charge in [0, 0.05) is 58.2 Å². The van der Waals surface area contributed by atoms with Gasteiger partial charge in [0.2, 0.25) is 5.91 Å². The molecule has 0 aliphatic carbocycles. The van der Waals surface area contributed by atoms with Crippen LogP contribution in [0, 0.1) is 6.92 Å². The molecule has 3 heterocycles. The third-order valence-corrected chi connectivity index (χ3v) is 4.97. The highest BCUT2D eigenvalue weighted by Crippen LogP contribution is 2.13. The molecule has 6 nitrogen and oxygen atoms in total. The van der Waals surface area contributed by atoms with Gasteiger partial charge < -0.3 is 9.64 Å². The Kier molecular flexibility index (Phi) is 5.81. The van der Waals surface area contributed by atoms with Crippen molar-refractivity contribution < 1.29 is 9.53 Å². The second-order valence-corrected chi connectivity index (χ2v) is 6.80. The van der Waals surface area contributed by atoms with E-state index in [0.717, 1.165) is 45.8 Å². The summed E-state index contributed by atoms with van der Waals surface area (Å²) < 4.78 is 5.33. The first kappa shape index (κ1) is 17.3. The summed E-state index contributed by atoms with van der Waals surface area (Å²) in [4.78, 5) is 23.6. The molecule has 0 aromatic carbocycles. The smallest absolute Gasteiger partial charge is 0.239 e. The zero-order chi connectivity index (χ0) is 16.9. The number of aromatic nitrogens is 1. The van der Waals surface area contributed by atoms with Crippen LogP contribution in [0.25, 0.3) is 0 Å². The topological polar surface area (TPSA) is 48.9 Å². The normalized spacial score (nSPS) is 21.7. The van der Waals surface area contributed by atoms with E-state index in [-0.39, 0.29) is 11.9 Å². The van der Waals surface area contributed by atoms with Crippen LogP contribution in [0.15, 0.2) is 18.5 Å². The molecule has 0 spiro atoms. The predicted octanol–water partition coefficient (Wildman–Crippen LogP) is 0.755. The van der Waals surface area contributed by atoms with Crippen LogP contribution >= 0.6 is 0 Å².